The zero-order valence-electron chi connectivity index (χ0n) is 17.2. The Morgan fingerprint density at radius 2 is 0.767 bits per heavy atom. The maximum absolute atomic E-state index is 2.30. The molecule has 0 aromatic heterocycles. The predicted molar refractivity (Wildman–Crippen MR) is 139 cm³/mol. The highest BCUT2D eigenvalue weighted by molar-refractivity contribution is 7.48. The number of benzene rings is 4. The number of unbranched alkanes of at least 4 members (excludes halogenated alkanes) is 1. The Labute approximate surface area is 184 Å². The van der Waals surface area contributed by atoms with Crippen molar-refractivity contribution in [1.29, 1.82) is 0 Å². The monoisotopic (exact) mass is 426 g/mol. The normalized spacial score (nSPS) is 11.6. The van der Waals surface area contributed by atoms with Gasteiger partial charge < -0.3 is 0 Å². The lowest BCUT2D eigenvalue weighted by Gasteiger charge is -2.11. The van der Waals surface area contributed by atoms with Crippen molar-refractivity contribution in [3.05, 3.63) is 109 Å². The molecule has 2 unspecified atom stereocenters. The minimum Gasteiger partial charge on any atom is -0.0897 e. The zero-order valence-corrected chi connectivity index (χ0v) is 19.2. The molecule has 0 spiro atoms. The third kappa shape index (κ3) is 5.66. The summed E-state index contributed by atoms with van der Waals surface area (Å²) in [6.45, 7) is 0. The van der Waals surface area contributed by atoms with Gasteiger partial charge in [0.1, 0.15) is 0 Å². The van der Waals surface area contributed by atoms with Gasteiger partial charge in [-0.1, -0.05) is 126 Å². The van der Waals surface area contributed by atoms with E-state index in [0.29, 0.717) is 0 Å². The van der Waals surface area contributed by atoms with Crippen molar-refractivity contribution in [3.8, 4) is 22.3 Å². The Bertz CT molecular complexity index is 955. The van der Waals surface area contributed by atoms with Gasteiger partial charge in [0.25, 0.3) is 0 Å². The molecular weight excluding hydrogens is 398 g/mol. The topological polar surface area (TPSA) is 0 Å². The molecule has 150 valence electrons. The van der Waals surface area contributed by atoms with Gasteiger partial charge >= 0.3 is 0 Å². The van der Waals surface area contributed by atoms with Crippen molar-refractivity contribution >= 4 is 27.8 Å². The van der Waals surface area contributed by atoms with Gasteiger partial charge in [-0.25, -0.2) is 0 Å². The minimum atomic E-state index is 0.885. The Hall–Kier alpha value is -2.26. The lowest BCUT2D eigenvalue weighted by molar-refractivity contribution is 0.905. The van der Waals surface area contributed by atoms with E-state index in [1.54, 1.807) is 0 Å². The molecule has 0 heterocycles. The van der Waals surface area contributed by atoms with Crippen molar-refractivity contribution in [3.63, 3.8) is 0 Å². The second-order valence-electron chi connectivity index (χ2n) is 7.38. The molecular formula is C28H28P2. The molecule has 0 aliphatic heterocycles. The third-order valence-electron chi connectivity index (χ3n) is 5.26. The molecule has 0 amide bonds. The van der Waals surface area contributed by atoms with E-state index < -0.39 is 0 Å². The van der Waals surface area contributed by atoms with Gasteiger partial charge in [0, 0.05) is 0 Å². The van der Waals surface area contributed by atoms with Gasteiger partial charge in [-0.2, -0.15) is 0 Å². The Balaban J connectivity index is 1.28. The summed E-state index contributed by atoms with van der Waals surface area (Å²) in [5, 5.41) is 3.00. The van der Waals surface area contributed by atoms with Crippen LogP contribution in [0.1, 0.15) is 12.8 Å². The molecule has 0 saturated carbocycles. The average Bonchev–Trinajstić information content (AvgIpc) is 2.83. The fourth-order valence-corrected chi connectivity index (χ4v) is 6.37. The van der Waals surface area contributed by atoms with Gasteiger partial charge in [-0.05, 0) is 58.0 Å². The fourth-order valence-electron chi connectivity index (χ4n) is 3.71. The van der Waals surface area contributed by atoms with Gasteiger partial charge in [0.15, 0.2) is 0 Å². The summed E-state index contributed by atoms with van der Waals surface area (Å²) in [5.74, 6) is 0. The highest BCUT2D eigenvalue weighted by Gasteiger charge is 2.05. The van der Waals surface area contributed by atoms with E-state index in [-0.39, 0.29) is 0 Å². The van der Waals surface area contributed by atoms with Crippen LogP contribution in [0.25, 0.3) is 22.3 Å². The van der Waals surface area contributed by atoms with Crippen LogP contribution in [0.2, 0.25) is 0 Å². The largest absolute Gasteiger partial charge is 0.0897 e. The van der Waals surface area contributed by atoms with Crippen LogP contribution >= 0.6 is 17.2 Å². The quantitative estimate of drug-likeness (QED) is 0.198. The first-order valence-electron chi connectivity index (χ1n) is 10.7. The number of hydrogen-bond acceptors (Lipinski definition) is 0. The molecule has 0 bridgehead atoms. The second kappa shape index (κ2) is 11.2. The summed E-state index contributed by atoms with van der Waals surface area (Å²) in [4.78, 5) is 0. The standard InChI is InChI=1S/C28H28P2/c1-3-13-23(14-4-1)25-17-7-9-19-27(25)29-21-11-12-22-30-28-20-10-8-18-26(28)24-15-5-2-6-16-24/h1-10,13-20,29-30H,11-12,21-22H2. The molecule has 0 nitrogen and oxygen atoms in total. The molecule has 0 saturated heterocycles. The molecule has 2 atom stereocenters. The van der Waals surface area contributed by atoms with Crippen LogP contribution in [0, 0.1) is 0 Å². The summed E-state index contributed by atoms with van der Waals surface area (Å²) in [6.07, 6.45) is 5.19. The molecule has 0 N–H and O–H groups in total. The predicted octanol–water partition coefficient (Wildman–Crippen LogP) is 7.11. The van der Waals surface area contributed by atoms with Crippen LogP contribution in [0.15, 0.2) is 109 Å². The lowest BCUT2D eigenvalue weighted by Crippen LogP contribution is -2.02. The number of rotatable bonds is 9. The Morgan fingerprint density at radius 1 is 0.400 bits per heavy atom. The summed E-state index contributed by atoms with van der Waals surface area (Å²) in [5.41, 5.74) is 5.46. The Kier molecular flexibility index (Phi) is 7.85. The van der Waals surface area contributed by atoms with Crippen molar-refractivity contribution < 1.29 is 0 Å². The third-order valence-corrected chi connectivity index (χ3v) is 8.10. The maximum atomic E-state index is 2.30. The van der Waals surface area contributed by atoms with Gasteiger partial charge in [-0.15, -0.1) is 0 Å². The smallest absolute Gasteiger partial charge is 0.0110 e. The first kappa shape index (κ1) is 21.0. The van der Waals surface area contributed by atoms with Crippen LogP contribution in [-0.4, -0.2) is 12.3 Å². The van der Waals surface area contributed by atoms with E-state index in [9.17, 15) is 0 Å². The molecule has 0 fully saturated rings. The van der Waals surface area contributed by atoms with E-state index in [1.165, 1.54) is 58.0 Å². The first-order valence-corrected chi connectivity index (χ1v) is 13.1. The number of hydrogen-bond donors (Lipinski definition) is 0. The molecule has 2 heteroatoms. The molecule has 4 aromatic carbocycles. The van der Waals surface area contributed by atoms with E-state index in [2.05, 4.69) is 109 Å². The second-order valence-corrected chi connectivity index (χ2v) is 10.2. The van der Waals surface area contributed by atoms with Crippen LogP contribution in [0.4, 0.5) is 0 Å². The van der Waals surface area contributed by atoms with E-state index in [1.807, 2.05) is 0 Å². The van der Waals surface area contributed by atoms with E-state index in [4.69, 9.17) is 0 Å². The van der Waals surface area contributed by atoms with E-state index >= 15 is 0 Å². The van der Waals surface area contributed by atoms with Gasteiger partial charge in [0.05, 0.1) is 0 Å². The summed E-state index contributed by atoms with van der Waals surface area (Å²) in [7, 11) is 1.77. The summed E-state index contributed by atoms with van der Waals surface area (Å²) < 4.78 is 0. The first-order chi connectivity index (χ1) is 14.9. The van der Waals surface area contributed by atoms with Crippen molar-refractivity contribution in [1.82, 2.24) is 0 Å². The van der Waals surface area contributed by atoms with Crippen molar-refractivity contribution in [2.75, 3.05) is 12.3 Å². The van der Waals surface area contributed by atoms with Crippen LogP contribution in [-0.2, 0) is 0 Å². The lowest BCUT2D eigenvalue weighted by atomic mass is 10.1. The molecule has 4 rings (SSSR count). The highest BCUT2D eigenvalue weighted by atomic mass is 31.1. The SMILES string of the molecule is c1ccc(-c2ccccc2PCCCCPc2ccccc2-c2ccccc2)cc1. The molecule has 4 aromatic rings. The van der Waals surface area contributed by atoms with E-state index in [0.717, 1.165) is 17.2 Å². The minimum absolute atomic E-state index is 0.885. The molecule has 0 radical (unpaired) electrons. The van der Waals surface area contributed by atoms with Crippen LogP contribution < -0.4 is 10.6 Å². The fraction of sp³-hybridized carbons (Fsp3) is 0.143. The van der Waals surface area contributed by atoms with Gasteiger partial charge in [0.2, 0.25) is 0 Å². The highest BCUT2D eigenvalue weighted by Crippen LogP contribution is 2.26. The zero-order chi connectivity index (χ0) is 20.4. The van der Waals surface area contributed by atoms with Crippen molar-refractivity contribution in [2.45, 2.75) is 12.8 Å². The van der Waals surface area contributed by atoms with Gasteiger partial charge in [-0.3, -0.25) is 0 Å². The molecule has 0 aliphatic rings. The Morgan fingerprint density at radius 3 is 1.20 bits per heavy atom. The van der Waals surface area contributed by atoms with Crippen LogP contribution in [0.5, 0.6) is 0 Å². The maximum Gasteiger partial charge on any atom is -0.0110 e. The molecule has 0 aliphatic carbocycles. The average molecular weight is 426 g/mol. The summed E-state index contributed by atoms with van der Waals surface area (Å²) in [6, 6.07) is 39.4. The van der Waals surface area contributed by atoms with Crippen LogP contribution in [0.3, 0.4) is 0 Å². The molecule has 30 heavy (non-hydrogen) atoms. The summed E-state index contributed by atoms with van der Waals surface area (Å²) >= 11 is 0. The van der Waals surface area contributed by atoms with Crippen molar-refractivity contribution in [2.24, 2.45) is 0 Å².